The molecule has 9 N–H and O–H groups in total. The van der Waals surface area contributed by atoms with Gasteiger partial charge in [-0.05, 0) is 31.1 Å². The van der Waals surface area contributed by atoms with E-state index in [1.807, 2.05) is 13.8 Å². The molecule has 3 atom stereocenters. The van der Waals surface area contributed by atoms with E-state index in [1.165, 1.54) is 0 Å². The molecule has 0 aromatic carbocycles. The lowest BCUT2D eigenvalue weighted by Crippen LogP contribution is -2.56. The van der Waals surface area contributed by atoms with Gasteiger partial charge in [0.1, 0.15) is 12.1 Å². The standard InChI is InChI=1S/C17H34N6O4/c1-9(2)8-12(16(26)27)22-15(25)13(10(3)4)23-14(24)11(18)6-5-7-21-17(19)20/h9-13H,5-8,18H2,1-4H3,(H,22,25)(H,23,24)(H,26,27)(H4,19,20,21)/t11-,12-,13-/m0/s1. The third-order valence-electron chi connectivity index (χ3n) is 3.87. The first-order valence-electron chi connectivity index (χ1n) is 9.10. The summed E-state index contributed by atoms with van der Waals surface area (Å²) in [4.78, 5) is 39.9. The van der Waals surface area contributed by atoms with E-state index in [0.29, 0.717) is 25.8 Å². The van der Waals surface area contributed by atoms with Crippen LogP contribution in [0, 0.1) is 11.8 Å². The maximum absolute atomic E-state index is 12.5. The van der Waals surface area contributed by atoms with Crippen LogP contribution in [0.4, 0.5) is 0 Å². The number of aliphatic carboxylic acids is 1. The van der Waals surface area contributed by atoms with Crippen LogP contribution >= 0.6 is 0 Å². The molecule has 0 aliphatic carbocycles. The number of nitrogens with one attached hydrogen (secondary N) is 2. The average molecular weight is 386 g/mol. The molecule has 0 aromatic heterocycles. The molecule has 0 heterocycles. The van der Waals surface area contributed by atoms with Crippen molar-refractivity contribution in [2.24, 2.45) is 34.0 Å². The van der Waals surface area contributed by atoms with Gasteiger partial charge in [-0.25, -0.2) is 4.79 Å². The molecule has 0 radical (unpaired) electrons. The molecular weight excluding hydrogens is 352 g/mol. The van der Waals surface area contributed by atoms with Crippen LogP contribution in [0.1, 0.15) is 47.0 Å². The number of carbonyl (C=O) groups is 3. The Balaban J connectivity index is 4.81. The second-order valence-corrected chi connectivity index (χ2v) is 7.31. The van der Waals surface area contributed by atoms with E-state index >= 15 is 0 Å². The maximum Gasteiger partial charge on any atom is 0.326 e. The Labute approximate surface area is 160 Å². The number of guanidine groups is 1. The van der Waals surface area contributed by atoms with Crippen molar-refractivity contribution in [2.45, 2.75) is 65.1 Å². The van der Waals surface area contributed by atoms with Gasteiger partial charge in [0, 0.05) is 6.54 Å². The van der Waals surface area contributed by atoms with Gasteiger partial charge in [0.2, 0.25) is 11.8 Å². The molecule has 156 valence electrons. The number of carbonyl (C=O) groups excluding carboxylic acids is 2. The summed E-state index contributed by atoms with van der Waals surface area (Å²) in [6.45, 7) is 7.60. The average Bonchev–Trinajstić information content (AvgIpc) is 2.54. The fourth-order valence-electron chi connectivity index (χ4n) is 2.40. The monoisotopic (exact) mass is 386 g/mol. The number of carboxylic acid groups (broad SMARTS) is 1. The van der Waals surface area contributed by atoms with Crippen LogP contribution in [0.25, 0.3) is 0 Å². The van der Waals surface area contributed by atoms with Gasteiger partial charge in [-0.1, -0.05) is 27.7 Å². The molecule has 0 bridgehead atoms. The van der Waals surface area contributed by atoms with E-state index < -0.39 is 35.9 Å². The Kier molecular flexibility index (Phi) is 11.0. The normalized spacial score (nSPS) is 14.3. The smallest absolute Gasteiger partial charge is 0.326 e. The molecule has 0 aromatic rings. The largest absolute Gasteiger partial charge is 0.480 e. The second-order valence-electron chi connectivity index (χ2n) is 7.31. The van der Waals surface area contributed by atoms with Crippen molar-refractivity contribution in [1.82, 2.24) is 10.6 Å². The summed E-state index contributed by atoms with van der Waals surface area (Å²) in [6.07, 6.45) is 1.16. The third kappa shape index (κ3) is 10.4. The molecule has 0 aliphatic rings. The second kappa shape index (κ2) is 12.1. The van der Waals surface area contributed by atoms with Crippen molar-refractivity contribution in [3.8, 4) is 0 Å². The number of nitrogens with two attached hydrogens (primary N) is 3. The third-order valence-corrected chi connectivity index (χ3v) is 3.87. The SMILES string of the molecule is CC(C)C[C@H](NC(=O)[C@@H](NC(=O)[C@@H](N)CCCN=C(N)N)C(C)C)C(=O)O. The van der Waals surface area contributed by atoms with Crippen LogP contribution in [0.15, 0.2) is 4.99 Å². The number of rotatable bonds is 12. The summed E-state index contributed by atoms with van der Waals surface area (Å²) in [7, 11) is 0. The molecule has 0 aliphatic heterocycles. The molecule has 0 saturated heterocycles. The lowest BCUT2D eigenvalue weighted by Gasteiger charge is -2.25. The van der Waals surface area contributed by atoms with Gasteiger partial charge in [-0.3, -0.25) is 14.6 Å². The maximum atomic E-state index is 12.5. The summed E-state index contributed by atoms with van der Waals surface area (Å²) < 4.78 is 0. The zero-order valence-corrected chi connectivity index (χ0v) is 16.6. The number of hydrogen-bond donors (Lipinski definition) is 6. The molecule has 27 heavy (non-hydrogen) atoms. The Morgan fingerprint density at radius 3 is 2.07 bits per heavy atom. The van der Waals surface area contributed by atoms with Gasteiger partial charge in [-0.15, -0.1) is 0 Å². The number of carboxylic acids is 1. The molecule has 0 fully saturated rings. The van der Waals surface area contributed by atoms with Gasteiger partial charge in [0.15, 0.2) is 5.96 Å². The fourth-order valence-corrected chi connectivity index (χ4v) is 2.40. The van der Waals surface area contributed by atoms with Crippen LogP contribution < -0.4 is 27.8 Å². The van der Waals surface area contributed by atoms with Gasteiger partial charge < -0.3 is 32.9 Å². The first-order chi connectivity index (χ1) is 12.5. The molecule has 0 rings (SSSR count). The lowest BCUT2D eigenvalue weighted by molar-refractivity contribution is -0.143. The predicted molar refractivity (Wildman–Crippen MR) is 104 cm³/mol. The number of aliphatic imine (C=N–C) groups is 1. The highest BCUT2D eigenvalue weighted by molar-refractivity contribution is 5.91. The Hall–Kier alpha value is -2.36. The van der Waals surface area contributed by atoms with Gasteiger partial charge in [0.05, 0.1) is 6.04 Å². The molecule has 10 nitrogen and oxygen atoms in total. The van der Waals surface area contributed by atoms with Crippen molar-refractivity contribution < 1.29 is 19.5 Å². The number of hydrogen-bond acceptors (Lipinski definition) is 5. The summed E-state index contributed by atoms with van der Waals surface area (Å²) >= 11 is 0. The molecule has 0 unspecified atom stereocenters. The van der Waals surface area contributed by atoms with Gasteiger partial charge in [-0.2, -0.15) is 0 Å². The minimum atomic E-state index is -1.11. The first kappa shape index (κ1) is 24.6. The van der Waals surface area contributed by atoms with Crippen molar-refractivity contribution in [2.75, 3.05) is 6.54 Å². The number of nitrogens with zero attached hydrogens (tertiary/aromatic N) is 1. The van der Waals surface area contributed by atoms with Crippen LogP contribution in [0.5, 0.6) is 0 Å². The zero-order chi connectivity index (χ0) is 21.1. The predicted octanol–water partition coefficient (Wildman–Crippen LogP) is -0.876. The van der Waals surface area contributed by atoms with Crippen molar-refractivity contribution >= 4 is 23.7 Å². The summed E-state index contributed by atoms with van der Waals surface area (Å²) in [6, 6.07) is -2.71. The van der Waals surface area contributed by atoms with Crippen molar-refractivity contribution in [1.29, 1.82) is 0 Å². The summed E-state index contributed by atoms with van der Waals surface area (Å²) in [5.41, 5.74) is 16.3. The van der Waals surface area contributed by atoms with E-state index in [9.17, 15) is 19.5 Å². The molecule has 0 saturated carbocycles. The van der Waals surface area contributed by atoms with Crippen LogP contribution in [0.2, 0.25) is 0 Å². The minimum Gasteiger partial charge on any atom is -0.480 e. The summed E-state index contributed by atoms with van der Waals surface area (Å²) in [5.74, 6) is -2.31. The van der Waals surface area contributed by atoms with E-state index in [-0.39, 0.29) is 17.8 Å². The highest BCUT2D eigenvalue weighted by Gasteiger charge is 2.30. The van der Waals surface area contributed by atoms with E-state index in [0.717, 1.165) is 0 Å². The molecule has 2 amide bonds. The van der Waals surface area contributed by atoms with E-state index in [4.69, 9.17) is 17.2 Å². The Morgan fingerprint density at radius 1 is 1.04 bits per heavy atom. The topological polar surface area (TPSA) is 186 Å². The Bertz CT molecular complexity index is 532. The van der Waals surface area contributed by atoms with Gasteiger partial charge >= 0.3 is 5.97 Å². The van der Waals surface area contributed by atoms with Gasteiger partial charge in [0.25, 0.3) is 0 Å². The van der Waals surface area contributed by atoms with Crippen LogP contribution in [-0.2, 0) is 14.4 Å². The zero-order valence-electron chi connectivity index (χ0n) is 16.6. The van der Waals surface area contributed by atoms with E-state index in [2.05, 4.69) is 15.6 Å². The Morgan fingerprint density at radius 2 is 1.63 bits per heavy atom. The quantitative estimate of drug-likeness (QED) is 0.143. The molecule has 0 spiro atoms. The van der Waals surface area contributed by atoms with Crippen LogP contribution in [0.3, 0.4) is 0 Å². The fraction of sp³-hybridized carbons (Fsp3) is 0.765. The molecule has 10 heteroatoms. The van der Waals surface area contributed by atoms with Crippen LogP contribution in [-0.4, -0.2) is 53.5 Å². The highest BCUT2D eigenvalue weighted by atomic mass is 16.4. The van der Waals surface area contributed by atoms with Crippen molar-refractivity contribution in [3.63, 3.8) is 0 Å². The minimum absolute atomic E-state index is 0.0288. The van der Waals surface area contributed by atoms with Crippen molar-refractivity contribution in [3.05, 3.63) is 0 Å². The number of amides is 2. The molecular formula is C17H34N6O4. The first-order valence-corrected chi connectivity index (χ1v) is 9.10. The summed E-state index contributed by atoms with van der Waals surface area (Å²) in [5, 5.41) is 14.4. The van der Waals surface area contributed by atoms with E-state index in [1.54, 1.807) is 13.8 Å². The lowest BCUT2D eigenvalue weighted by atomic mass is 10.00. The highest BCUT2D eigenvalue weighted by Crippen LogP contribution is 2.08.